The molecule has 0 aromatic heterocycles. The summed E-state index contributed by atoms with van der Waals surface area (Å²) in [6.45, 7) is 3.87. The first-order valence-electron chi connectivity index (χ1n) is 10.4. The van der Waals surface area contributed by atoms with Crippen molar-refractivity contribution < 1.29 is 24.2 Å². The lowest BCUT2D eigenvalue weighted by atomic mass is 9.79. The van der Waals surface area contributed by atoms with Crippen LogP contribution < -0.4 is 14.8 Å². The Morgan fingerprint density at radius 1 is 1.14 bits per heavy atom. The molecule has 1 amide bonds. The van der Waals surface area contributed by atoms with Crippen LogP contribution in [0, 0.1) is 0 Å². The number of nitrogens with zero attached hydrogens (tertiary/aromatic N) is 1. The van der Waals surface area contributed by atoms with Crippen LogP contribution in [0.1, 0.15) is 63.5 Å². The van der Waals surface area contributed by atoms with Crippen molar-refractivity contribution in [3.8, 4) is 11.5 Å². The number of hydrogen-bond donors (Lipinski definition) is 2. The van der Waals surface area contributed by atoms with E-state index in [1.807, 2.05) is 25.1 Å². The number of rotatable bonds is 6. The van der Waals surface area contributed by atoms with E-state index in [1.54, 1.807) is 14.2 Å². The lowest BCUT2D eigenvalue weighted by Crippen LogP contribution is -2.59. The molecule has 0 bridgehead atoms. The third kappa shape index (κ3) is 5.41. The second-order valence-corrected chi connectivity index (χ2v) is 7.69. The summed E-state index contributed by atoms with van der Waals surface area (Å²) in [6, 6.07) is 5.60. The van der Waals surface area contributed by atoms with Crippen molar-refractivity contribution in [3.63, 3.8) is 0 Å². The Labute approximate surface area is 173 Å². The number of benzene rings is 1. The van der Waals surface area contributed by atoms with Crippen molar-refractivity contribution in [1.29, 1.82) is 0 Å². The summed E-state index contributed by atoms with van der Waals surface area (Å²) in [5.74, 6) is 1.72. The molecule has 1 aliphatic heterocycles. The van der Waals surface area contributed by atoms with Gasteiger partial charge in [0.15, 0.2) is 0 Å². The van der Waals surface area contributed by atoms with Gasteiger partial charge < -0.3 is 19.9 Å². The van der Waals surface area contributed by atoms with Gasteiger partial charge in [-0.25, -0.2) is 0 Å². The van der Waals surface area contributed by atoms with Gasteiger partial charge in [-0.15, -0.1) is 0 Å². The van der Waals surface area contributed by atoms with E-state index in [0.29, 0.717) is 0 Å². The predicted octanol–water partition coefficient (Wildman–Crippen LogP) is 3.38. The molecule has 2 fully saturated rings. The van der Waals surface area contributed by atoms with Crippen LogP contribution in [0.5, 0.6) is 11.5 Å². The van der Waals surface area contributed by atoms with E-state index in [4.69, 9.17) is 19.4 Å². The lowest BCUT2D eigenvalue weighted by Gasteiger charge is -2.43. The zero-order valence-electron chi connectivity index (χ0n) is 17.8. The standard InChI is InChI=1S/C21H32N2O3.CH2O2/c1-16(18-15-17(25-2)9-10-19(18)26-3)22-20(24)21(11-5-4-6-12-21)23-13-7-8-14-23;2-1-3/h9-10,15-16H,4-8,11-14H2,1-3H3,(H,22,24);1H,(H,2,3). The zero-order chi connectivity index (χ0) is 21.3. The Hall–Kier alpha value is -2.28. The molecular weight excluding hydrogens is 372 g/mol. The minimum atomic E-state index is -0.324. The summed E-state index contributed by atoms with van der Waals surface area (Å²) in [5, 5.41) is 10.2. The second-order valence-electron chi connectivity index (χ2n) is 7.69. The van der Waals surface area contributed by atoms with E-state index in [0.717, 1.165) is 55.8 Å². The van der Waals surface area contributed by atoms with Crippen molar-refractivity contribution >= 4 is 12.4 Å². The van der Waals surface area contributed by atoms with Crippen LogP contribution in [0.4, 0.5) is 0 Å². The van der Waals surface area contributed by atoms with E-state index >= 15 is 0 Å². The molecule has 3 rings (SSSR count). The quantitative estimate of drug-likeness (QED) is 0.704. The number of likely N-dealkylation sites (tertiary alicyclic amines) is 1. The molecule has 1 heterocycles. The molecule has 0 radical (unpaired) electrons. The molecule has 1 saturated carbocycles. The molecule has 7 heteroatoms. The number of nitrogens with one attached hydrogen (secondary N) is 1. The first-order valence-corrected chi connectivity index (χ1v) is 10.4. The van der Waals surface area contributed by atoms with Crippen molar-refractivity contribution in [2.45, 2.75) is 63.5 Å². The van der Waals surface area contributed by atoms with Gasteiger partial charge in [0.25, 0.3) is 6.47 Å². The molecule has 7 nitrogen and oxygen atoms in total. The number of amides is 1. The van der Waals surface area contributed by atoms with Gasteiger partial charge in [-0.1, -0.05) is 19.3 Å². The Morgan fingerprint density at radius 3 is 2.31 bits per heavy atom. The number of ether oxygens (including phenoxy) is 2. The molecule has 2 N–H and O–H groups in total. The Morgan fingerprint density at radius 2 is 1.76 bits per heavy atom. The van der Waals surface area contributed by atoms with Gasteiger partial charge in [-0.3, -0.25) is 14.5 Å². The first-order chi connectivity index (χ1) is 14.0. The average Bonchev–Trinajstić information content (AvgIpc) is 3.29. The highest BCUT2D eigenvalue weighted by Crippen LogP contribution is 2.37. The van der Waals surface area contributed by atoms with E-state index in [-0.39, 0.29) is 24.0 Å². The maximum absolute atomic E-state index is 13.4. The van der Waals surface area contributed by atoms with Gasteiger partial charge in [0.05, 0.1) is 20.3 Å². The van der Waals surface area contributed by atoms with Crippen molar-refractivity contribution in [3.05, 3.63) is 23.8 Å². The molecule has 1 atom stereocenters. The minimum Gasteiger partial charge on any atom is -0.497 e. The normalized spacial score (nSPS) is 19.4. The summed E-state index contributed by atoms with van der Waals surface area (Å²) in [4.78, 5) is 24.2. The van der Waals surface area contributed by atoms with Crippen molar-refractivity contribution in [2.75, 3.05) is 27.3 Å². The van der Waals surface area contributed by atoms with Crippen LogP contribution in [-0.4, -0.2) is 55.2 Å². The topological polar surface area (TPSA) is 88.1 Å². The summed E-state index contributed by atoms with van der Waals surface area (Å²) in [6.07, 6.45) is 7.87. The monoisotopic (exact) mass is 406 g/mol. The SMILES string of the molecule is COc1ccc(OC)c(C(C)NC(=O)C2(N3CCCC3)CCCCC2)c1.O=CO. The largest absolute Gasteiger partial charge is 0.497 e. The van der Waals surface area contributed by atoms with Gasteiger partial charge in [-0.05, 0) is 63.9 Å². The molecular formula is C22H34N2O5. The van der Waals surface area contributed by atoms with E-state index in [9.17, 15) is 4.79 Å². The van der Waals surface area contributed by atoms with Gasteiger partial charge in [0.2, 0.25) is 5.91 Å². The maximum atomic E-state index is 13.4. The summed E-state index contributed by atoms with van der Waals surface area (Å²) in [7, 11) is 3.31. The second kappa shape index (κ2) is 11.0. The molecule has 1 saturated heterocycles. The number of methoxy groups -OCH3 is 2. The van der Waals surface area contributed by atoms with Gasteiger partial charge in [0.1, 0.15) is 17.0 Å². The van der Waals surface area contributed by atoms with E-state index in [1.165, 1.54) is 19.3 Å². The summed E-state index contributed by atoms with van der Waals surface area (Å²) < 4.78 is 10.9. The third-order valence-corrected chi connectivity index (χ3v) is 6.07. The fourth-order valence-corrected chi connectivity index (χ4v) is 4.56. The molecule has 1 aliphatic carbocycles. The number of carbonyl (C=O) groups is 2. The highest BCUT2D eigenvalue weighted by molar-refractivity contribution is 5.87. The molecule has 29 heavy (non-hydrogen) atoms. The summed E-state index contributed by atoms with van der Waals surface area (Å²) in [5.41, 5.74) is 0.627. The predicted molar refractivity (Wildman–Crippen MR) is 111 cm³/mol. The van der Waals surface area contributed by atoms with Crippen LogP contribution in [0.15, 0.2) is 18.2 Å². The van der Waals surface area contributed by atoms with Crippen LogP contribution >= 0.6 is 0 Å². The van der Waals surface area contributed by atoms with Crippen LogP contribution in [0.25, 0.3) is 0 Å². The fourth-order valence-electron chi connectivity index (χ4n) is 4.56. The van der Waals surface area contributed by atoms with Crippen LogP contribution in [-0.2, 0) is 9.59 Å². The van der Waals surface area contributed by atoms with Gasteiger partial charge in [-0.2, -0.15) is 0 Å². The first kappa shape index (κ1) is 23.0. The molecule has 2 aliphatic rings. The van der Waals surface area contributed by atoms with Crippen molar-refractivity contribution in [2.24, 2.45) is 0 Å². The number of hydrogen-bond acceptors (Lipinski definition) is 5. The smallest absolute Gasteiger partial charge is 0.290 e. The third-order valence-electron chi connectivity index (χ3n) is 6.07. The van der Waals surface area contributed by atoms with Crippen LogP contribution in [0.3, 0.4) is 0 Å². The van der Waals surface area contributed by atoms with Gasteiger partial charge >= 0.3 is 0 Å². The Bertz CT molecular complexity index is 667. The van der Waals surface area contributed by atoms with E-state index in [2.05, 4.69) is 10.2 Å². The van der Waals surface area contributed by atoms with Crippen LogP contribution in [0.2, 0.25) is 0 Å². The molecule has 162 valence electrons. The highest BCUT2D eigenvalue weighted by atomic mass is 16.5. The number of carboxylic acid groups (broad SMARTS) is 1. The zero-order valence-corrected chi connectivity index (χ0v) is 17.8. The highest BCUT2D eigenvalue weighted by Gasteiger charge is 2.45. The summed E-state index contributed by atoms with van der Waals surface area (Å²) >= 11 is 0. The maximum Gasteiger partial charge on any atom is 0.290 e. The van der Waals surface area contributed by atoms with Gasteiger partial charge in [0, 0.05) is 5.56 Å². The molecule has 1 aromatic rings. The minimum absolute atomic E-state index is 0.131. The lowest BCUT2D eigenvalue weighted by molar-refractivity contribution is -0.136. The Balaban J connectivity index is 0.000000941. The Kier molecular flexibility index (Phi) is 8.76. The fraction of sp³-hybridized carbons (Fsp3) is 0.636. The molecule has 1 aromatic carbocycles. The average molecular weight is 407 g/mol. The number of carbonyl (C=O) groups excluding carboxylic acids is 1. The van der Waals surface area contributed by atoms with Crippen molar-refractivity contribution in [1.82, 2.24) is 10.2 Å². The molecule has 0 spiro atoms. The van der Waals surface area contributed by atoms with E-state index < -0.39 is 0 Å². The molecule has 1 unspecified atom stereocenters.